The fourth-order valence-electron chi connectivity index (χ4n) is 2.69. The van der Waals surface area contributed by atoms with Crippen LogP contribution in [0.5, 0.6) is 11.5 Å². The van der Waals surface area contributed by atoms with Crippen LogP contribution in [0.2, 0.25) is 0 Å². The molecule has 0 saturated carbocycles. The fraction of sp³-hybridized carbons (Fsp3) is 0.182. The second kappa shape index (κ2) is 7.74. The van der Waals surface area contributed by atoms with Gasteiger partial charge >= 0.3 is 6.11 Å². The van der Waals surface area contributed by atoms with Gasteiger partial charge in [0.1, 0.15) is 12.4 Å². The maximum absolute atomic E-state index is 14.4. The van der Waals surface area contributed by atoms with Gasteiger partial charge in [0.25, 0.3) is 0 Å². The summed E-state index contributed by atoms with van der Waals surface area (Å²) in [5.41, 5.74) is 0.726. The van der Waals surface area contributed by atoms with E-state index in [2.05, 4.69) is 6.58 Å². The zero-order valence-electron chi connectivity index (χ0n) is 14.8. The van der Waals surface area contributed by atoms with Crippen molar-refractivity contribution in [1.82, 2.24) is 0 Å². The lowest BCUT2D eigenvalue weighted by Crippen LogP contribution is -2.21. The molecule has 0 N–H and O–H groups in total. The Balaban J connectivity index is 1.86. The van der Waals surface area contributed by atoms with Gasteiger partial charge in [-0.15, -0.1) is 0 Å². The maximum Gasteiger partial charge on any atom is 0.426 e. The van der Waals surface area contributed by atoms with E-state index in [1.807, 2.05) is 6.92 Å². The van der Waals surface area contributed by atoms with E-state index in [0.717, 1.165) is 12.0 Å². The molecule has 0 unspecified atom stereocenters. The molecule has 0 aliphatic heterocycles. The highest BCUT2D eigenvalue weighted by Gasteiger charge is 2.34. The molecule has 3 rings (SSSR count). The van der Waals surface area contributed by atoms with E-state index in [4.69, 9.17) is 9.47 Å². The maximum atomic E-state index is 14.4. The van der Waals surface area contributed by atoms with E-state index >= 15 is 0 Å². The van der Waals surface area contributed by atoms with Crippen molar-refractivity contribution in [3.8, 4) is 11.5 Å². The van der Waals surface area contributed by atoms with Crippen molar-refractivity contribution in [1.29, 1.82) is 0 Å². The summed E-state index contributed by atoms with van der Waals surface area (Å²) in [5.74, 6) is -0.549. The molecule has 0 fully saturated rings. The minimum absolute atomic E-state index is 0.0498. The smallest absolute Gasteiger partial charge is 0.426 e. The first-order valence-corrected chi connectivity index (χ1v) is 8.56. The highest BCUT2D eigenvalue weighted by atomic mass is 19.3. The van der Waals surface area contributed by atoms with Crippen LogP contribution in [-0.4, -0.2) is 6.61 Å². The number of alkyl halides is 2. The topological polar surface area (TPSA) is 18.5 Å². The number of aryl methyl sites for hydroxylation is 1. The monoisotopic (exact) mass is 372 g/mol. The zero-order chi connectivity index (χ0) is 19.4. The zero-order valence-corrected chi connectivity index (χ0v) is 14.8. The predicted octanol–water partition coefficient (Wildman–Crippen LogP) is 6.23. The Morgan fingerprint density at radius 1 is 1.00 bits per heavy atom. The molecule has 3 aromatic carbocycles. The van der Waals surface area contributed by atoms with Crippen LogP contribution in [0.25, 0.3) is 10.8 Å². The Bertz CT molecular complexity index is 950. The second-order valence-electron chi connectivity index (χ2n) is 6.06. The van der Waals surface area contributed by atoms with E-state index in [9.17, 15) is 13.2 Å². The summed E-state index contributed by atoms with van der Waals surface area (Å²) < 4.78 is 53.1. The van der Waals surface area contributed by atoms with Gasteiger partial charge in [-0.3, -0.25) is 0 Å². The Morgan fingerprint density at radius 3 is 2.41 bits per heavy atom. The minimum Gasteiger partial charge on any atom is -0.486 e. The minimum atomic E-state index is -3.49. The highest BCUT2D eigenvalue weighted by Crippen LogP contribution is 2.34. The van der Waals surface area contributed by atoms with Gasteiger partial charge in [-0.1, -0.05) is 37.8 Å². The largest absolute Gasteiger partial charge is 0.486 e. The number of halogens is 3. The Kier molecular flexibility index (Phi) is 5.40. The summed E-state index contributed by atoms with van der Waals surface area (Å²) in [5, 5.41) is 1.09. The first kappa shape index (κ1) is 18.8. The molecular weight excluding hydrogens is 353 g/mol. The van der Waals surface area contributed by atoms with Gasteiger partial charge in [0.2, 0.25) is 0 Å². The van der Waals surface area contributed by atoms with Crippen LogP contribution >= 0.6 is 0 Å². The third-order valence-corrected chi connectivity index (χ3v) is 4.16. The normalized spacial score (nSPS) is 11.4. The molecule has 0 saturated heterocycles. The molecule has 0 heterocycles. The van der Waals surface area contributed by atoms with Crippen LogP contribution in [-0.2, 0) is 12.5 Å². The summed E-state index contributed by atoms with van der Waals surface area (Å²) in [6.07, 6.45) is -1.22. The second-order valence-corrected chi connectivity index (χ2v) is 6.06. The molecule has 0 bridgehead atoms. The van der Waals surface area contributed by atoms with Crippen LogP contribution in [0.3, 0.4) is 0 Å². The van der Waals surface area contributed by atoms with E-state index in [-0.39, 0.29) is 23.7 Å². The molecule has 0 aliphatic rings. The quantitative estimate of drug-likeness (QED) is 0.458. The molecule has 2 nitrogen and oxygen atoms in total. The molecule has 0 spiro atoms. The molecule has 0 aliphatic carbocycles. The average molecular weight is 372 g/mol. The summed E-state index contributed by atoms with van der Waals surface area (Å²) in [6, 6.07) is 13.1. The van der Waals surface area contributed by atoms with Crippen LogP contribution in [0.15, 0.2) is 67.3 Å². The SMILES string of the molecule is C=CCOc1cc2ccc(OC(F)(F)c3ccc(CC)cc3)cc2cc1F. The van der Waals surface area contributed by atoms with Crippen molar-refractivity contribution >= 4 is 10.8 Å². The highest BCUT2D eigenvalue weighted by molar-refractivity contribution is 5.85. The molecular formula is C22H19F3O2. The van der Waals surface area contributed by atoms with E-state index < -0.39 is 11.9 Å². The van der Waals surface area contributed by atoms with Crippen molar-refractivity contribution in [3.05, 3.63) is 84.2 Å². The molecule has 0 amide bonds. The molecule has 140 valence electrons. The summed E-state index contributed by atoms with van der Waals surface area (Å²) in [7, 11) is 0. The summed E-state index contributed by atoms with van der Waals surface area (Å²) in [6.45, 7) is 5.64. The molecule has 0 atom stereocenters. The number of hydrogen-bond donors (Lipinski definition) is 0. The van der Waals surface area contributed by atoms with Crippen molar-refractivity contribution in [2.45, 2.75) is 19.5 Å². The number of benzene rings is 3. The number of fused-ring (bicyclic) bond motifs is 1. The molecule has 0 aromatic heterocycles. The van der Waals surface area contributed by atoms with Gasteiger partial charge in [0.05, 0.1) is 5.56 Å². The van der Waals surface area contributed by atoms with Crippen LogP contribution < -0.4 is 9.47 Å². The molecule has 27 heavy (non-hydrogen) atoms. The Labute approximate surface area is 155 Å². The van der Waals surface area contributed by atoms with Crippen molar-refractivity contribution in [2.24, 2.45) is 0 Å². The lowest BCUT2D eigenvalue weighted by molar-refractivity contribution is -0.185. The van der Waals surface area contributed by atoms with Gasteiger partial charge < -0.3 is 9.47 Å². The number of rotatable bonds is 7. The van der Waals surface area contributed by atoms with Crippen LogP contribution in [0, 0.1) is 5.82 Å². The van der Waals surface area contributed by atoms with Crippen molar-refractivity contribution in [2.75, 3.05) is 6.61 Å². The molecule has 0 radical (unpaired) electrons. The number of hydrogen-bond acceptors (Lipinski definition) is 2. The fourth-order valence-corrected chi connectivity index (χ4v) is 2.69. The Morgan fingerprint density at radius 2 is 1.74 bits per heavy atom. The first-order chi connectivity index (χ1) is 12.9. The van der Waals surface area contributed by atoms with Crippen molar-refractivity contribution < 1.29 is 22.6 Å². The van der Waals surface area contributed by atoms with E-state index in [1.165, 1.54) is 42.5 Å². The van der Waals surface area contributed by atoms with Crippen LogP contribution in [0.4, 0.5) is 13.2 Å². The lowest BCUT2D eigenvalue weighted by Gasteiger charge is -2.19. The van der Waals surface area contributed by atoms with Gasteiger partial charge in [-0.25, -0.2) is 4.39 Å². The number of ether oxygens (including phenoxy) is 2. The summed E-state index contributed by atoms with van der Waals surface area (Å²) in [4.78, 5) is 0. The lowest BCUT2D eigenvalue weighted by atomic mass is 10.1. The first-order valence-electron chi connectivity index (χ1n) is 8.56. The van der Waals surface area contributed by atoms with Gasteiger partial charge in [0, 0.05) is 0 Å². The van der Waals surface area contributed by atoms with E-state index in [0.29, 0.717) is 10.8 Å². The molecule has 5 heteroatoms. The third-order valence-electron chi connectivity index (χ3n) is 4.16. The van der Waals surface area contributed by atoms with Crippen molar-refractivity contribution in [3.63, 3.8) is 0 Å². The predicted molar refractivity (Wildman–Crippen MR) is 99.9 cm³/mol. The Hall–Kier alpha value is -2.95. The van der Waals surface area contributed by atoms with Crippen LogP contribution in [0.1, 0.15) is 18.1 Å². The standard InChI is InChI=1S/C22H19F3O2/c1-3-11-26-21-14-16-7-10-19(12-17(16)13-20(21)23)27-22(24,25)18-8-5-15(4-2)6-9-18/h3,5-10,12-14H,1,4,11H2,2H3. The van der Waals surface area contributed by atoms with Gasteiger partial charge in [0.15, 0.2) is 11.6 Å². The average Bonchev–Trinajstić information content (AvgIpc) is 2.66. The summed E-state index contributed by atoms with van der Waals surface area (Å²) >= 11 is 0. The molecule has 3 aromatic rings. The van der Waals surface area contributed by atoms with Gasteiger partial charge in [-0.05, 0) is 59.2 Å². The van der Waals surface area contributed by atoms with Gasteiger partial charge in [-0.2, -0.15) is 8.78 Å². The van der Waals surface area contributed by atoms with E-state index in [1.54, 1.807) is 18.2 Å². The third kappa shape index (κ3) is 4.25.